The van der Waals surface area contributed by atoms with Gasteiger partial charge in [-0.15, -0.1) is 0 Å². The molecule has 1 aliphatic heterocycles. The summed E-state index contributed by atoms with van der Waals surface area (Å²) < 4.78 is 17.2. The molecule has 5 nitrogen and oxygen atoms in total. The SMILES string of the molecule is Cc1c(N(C)S(=O)c2ccc(-c3ccc4c(c3)CNCCC4)cc2)c(CC(C)C)nn1C. The number of fused-ring (bicyclic) bond motifs is 1. The molecular formula is C26H34N4OS. The van der Waals surface area contributed by atoms with Gasteiger partial charge in [-0.2, -0.15) is 5.10 Å². The Labute approximate surface area is 194 Å². The predicted octanol–water partition coefficient (Wildman–Crippen LogP) is 4.79. The van der Waals surface area contributed by atoms with Crippen LogP contribution in [0.2, 0.25) is 0 Å². The zero-order valence-corrected chi connectivity index (χ0v) is 20.6. The lowest BCUT2D eigenvalue weighted by molar-refractivity contribution is 0.619. The zero-order chi connectivity index (χ0) is 22.8. The average molecular weight is 451 g/mol. The van der Waals surface area contributed by atoms with Gasteiger partial charge in [0.25, 0.3) is 0 Å². The van der Waals surface area contributed by atoms with Crippen LogP contribution in [0.3, 0.4) is 0 Å². The van der Waals surface area contributed by atoms with Gasteiger partial charge >= 0.3 is 0 Å². The van der Waals surface area contributed by atoms with Gasteiger partial charge in [-0.1, -0.05) is 38.1 Å². The van der Waals surface area contributed by atoms with Crippen molar-refractivity contribution in [3.05, 3.63) is 65.0 Å². The number of hydrogen-bond acceptors (Lipinski definition) is 3. The summed E-state index contributed by atoms with van der Waals surface area (Å²) in [4.78, 5) is 0.798. The molecule has 32 heavy (non-hydrogen) atoms. The Kier molecular flexibility index (Phi) is 6.82. The Morgan fingerprint density at radius 1 is 1.12 bits per heavy atom. The summed E-state index contributed by atoms with van der Waals surface area (Å²) in [5.41, 5.74) is 8.21. The first kappa shape index (κ1) is 22.7. The number of rotatable bonds is 6. The molecule has 170 valence electrons. The largest absolute Gasteiger partial charge is 0.313 e. The molecule has 2 aromatic carbocycles. The Morgan fingerprint density at radius 2 is 1.84 bits per heavy atom. The first-order valence-corrected chi connectivity index (χ1v) is 12.6. The molecule has 0 aliphatic carbocycles. The molecule has 0 saturated heterocycles. The summed E-state index contributed by atoms with van der Waals surface area (Å²) in [6.07, 6.45) is 3.19. The van der Waals surface area contributed by atoms with Crippen LogP contribution in [0.25, 0.3) is 11.1 Å². The molecule has 3 aromatic rings. The third kappa shape index (κ3) is 4.66. The van der Waals surface area contributed by atoms with Crippen LogP contribution in [0.15, 0.2) is 47.4 Å². The quantitative estimate of drug-likeness (QED) is 0.587. The average Bonchev–Trinajstić information content (AvgIpc) is 2.94. The molecule has 1 aliphatic rings. The van der Waals surface area contributed by atoms with Gasteiger partial charge in [0.1, 0.15) is 0 Å². The minimum absolute atomic E-state index is 0.486. The molecule has 1 atom stereocenters. The molecule has 4 rings (SSSR count). The van der Waals surface area contributed by atoms with Crippen LogP contribution in [-0.4, -0.2) is 27.6 Å². The molecule has 1 aromatic heterocycles. The fourth-order valence-electron chi connectivity index (χ4n) is 4.44. The number of hydrogen-bond donors (Lipinski definition) is 1. The van der Waals surface area contributed by atoms with Gasteiger partial charge in [-0.25, -0.2) is 4.21 Å². The molecule has 1 N–H and O–H groups in total. The summed E-state index contributed by atoms with van der Waals surface area (Å²) in [6.45, 7) is 8.41. The second-order valence-corrected chi connectivity index (χ2v) is 10.7. The topological polar surface area (TPSA) is 50.2 Å². The first-order valence-electron chi connectivity index (χ1n) is 11.5. The smallest absolute Gasteiger partial charge is 0.152 e. The van der Waals surface area contributed by atoms with E-state index in [1.54, 1.807) is 0 Å². The minimum atomic E-state index is -1.30. The van der Waals surface area contributed by atoms with E-state index in [0.717, 1.165) is 53.5 Å². The van der Waals surface area contributed by atoms with Gasteiger partial charge in [-0.05, 0) is 79.1 Å². The van der Waals surface area contributed by atoms with Gasteiger partial charge in [0, 0.05) is 20.6 Å². The van der Waals surface area contributed by atoms with Gasteiger partial charge < -0.3 is 5.32 Å². The van der Waals surface area contributed by atoms with E-state index in [1.807, 2.05) is 42.1 Å². The summed E-state index contributed by atoms with van der Waals surface area (Å²) in [6, 6.07) is 14.9. The third-order valence-corrected chi connectivity index (χ3v) is 7.60. The zero-order valence-electron chi connectivity index (χ0n) is 19.8. The highest BCUT2D eigenvalue weighted by atomic mass is 32.2. The molecule has 0 bridgehead atoms. The van der Waals surface area contributed by atoms with Gasteiger partial charge in [0.05, 0.1) is 22.0 Å². The second-order valence-electron chi connectivity index (χ2n) is 9.14. The van der Waals surface area contributed by atoms with E-state index in [0.29, 0.717) is 5.92 Å². The fourth-order valence-corrected chi connectivity index (χ4v) is 5.53. The molecule has 0 saturated carbocycles. The van der Waals surface area contributed by atoms with Crippen molar-refractivity contribution < 1.29 is 4.21 Å². The van der Waals surface area contributed by atoms with Crippen LogP contribution in [0, 0.1) is 12.8 Å². The van der Waals surface area contributed by atoms with E-state index in [1.165, 1.54) is 23.1 Å². The van der Waals surface area contributed by atoms with Crippen molar-refractivity contribution in [1.29, 1.82) is 0 Å². The maximum absolute atomic E-state index is 13.4. The Hall–Kier alpha value is -2.44. The summed E-state index contributed by atoms with van der Waals surface area (Å²) >= 11 is 0. The minimum Gasteiger partial charge on any atom is -0.313 e. The van der Waals surface area contributed by atoms with Crippen molar-refractivity contribution in [2.75, 3.05) is 17.9 Å². The predicted molar refractivity (Wildman–Crippen MR) is 133 cm³/mol. The number of aryl methyl sites for hydroxylation is 2. The van der Waals surface area contributed by atoms with Gasteiger partial charge in [0.2, 0.25) is 0 Å². The summed E-state index contributed by atoms with van der Waals surface area (Å²) in [7, 11) is 2.55. The van der Waals surface area contributed by atoms with Gasteiger partial charge in [0.15, 0.2) is 11.0 Å². The lowest BCUT2D eigenvalue weighted by atomic mass is 9.97. The number of nitrogens with zero attached hydrogens (tertiary/aromatic N) is 3. The Morgan fingerprint density at radius 3 is 2.56 bits per heavy atom. The molecule has 1 unspecified atom stereocenters. The standard InChI is InChI=1S/C26H34N4OS/c1-18(2)15-25-26(19(3)29(4)28-25)30(5)32(31)24-12-10-21(11-13-24)22-9-8-20-7-6-14-27-17-23(20)16-22/h8-13,16,18,27H,6-7,14-15,17H2,1-5H3. The van der Waals surface area contributed by atoms with E-state index in [-0.39, 0.29) is 0 Å². The maximum Gasteiger partial charge on any atom is 0.152 e. The number of nitrogens with one attached hydrogen (secondary N) is 1. The Balaban J connectivity index is 1.57. The Bertz CT molecular complexity index is 1120. The van der Waals surface area contributed by atoms with E-state index in [2.05, 4.69) is 54.6 Å². The van der Waals surface area contributed by atoms with Crippen LogP contribution in [-0.2, 0) is 37.4 Å². The van der Waals surface area contributed by atoms with E-state index in [4.69, 9.17) is 0 Å². The monoisotopic (exact) mass is 450 g/mol. The van der Waals surface area contributed by atoms with Crippen molar-refractivity contribution in [2.24, 2.45) is 13.0 Å². The molecule has 6 heteroatoms. The number of benzene rings is 2. The second kappa shape index (κ2) is 9.59. The molecule has 0 spiro atoms. The number of anilines is 1. The van der Waals surface area contributed by atoms with Crippen molar-refractivity contribution in [3.63, 3.8) is 0 Å². The first-order chi connectivity index (χ1) is 15.3. The third-order valence-electron chi connectivity index (χ3n) is 6.25. The highest BCUT2D eigenvalue weighted by molar-refractivity contribution is 7.86. The lowest BCUT2D eigenvalue weighted by Gasteiger charge is -2.20. The van der Waals surface area contributed by atoms with Crippen LogP contribution < -0.4 is 9.62 Å². The highest BCUT2D eigenvalue weighted by Gasteiger charge is 2.22. The van der Waals surface area contributed by atoms with Crippen molar-refractivity contribution in [3.8, 4) is 11.1 Å². The highest BCUT2D eigenvalue weighted by Crippen LogP contribution is 2.30. The van der Waals surface area contributed by atoms with Crippen molar-refractivity contribution in [2.45, 2.75) is 51.5 Å². The van der Waals surface area contributed by atoms with E-state index < -0.39 is 11.0 Å². The van der Waals surface area contributed by atoms with E-state index >= 15 is 0 Å². The maximum atomic E-state index is 13.4. The lowest BCUT2D eigenvalue weighted by Crippen LogP contribution is -2.22. The van der Waals surface area contributed by atoms with Crippen LogP contribution >= 0.6 is 0 Å². The normalized spacial score (nSPS) is 14.8. The molecule has 0 amide bonds. The summed E-state index contributed by atoms with van der Waals surface area (Å²) in [5.74, 6) is 0.486. The van der Waals surface area contributed by atoms with Gasteiger partial charge in [-0.3, -0.25) is 8.99 Å². The molecule has 2 heterocycles. The molecule has 0 radical (unpaired) electrons. The summed E-state index contributed by atoms with van der Waals surface area (Å²) in [5, 5.41) is 8.18. The molecule has 0 fully saturated rings. The molecular weight excluding hydrogens is 416 g/mol. The van der Waals surface area contributed by atoms with E-state index in [9.17, 15) is 4.21 Å². The number of aromatic nitrogens is 2. The fraction of sp³-hybridized carbons (Fsp3) is 0.423. The van der Waals surface area contributed by atoms with Crippen LogP contribution in [0.4, 0.5) is 5.69 Å². The van der Waals surface area contributed by atoms with Crippen LogP contribution in [0.5, 0.6) is 0 Å². The van der Waals surface area contributed by atoms with Crippen molar-refractivity contribution in [1.82, 2.24) is 15.1 Å². The van der Waals surface area contributed by atoms with Crippen molar-refractivity contribution >= 4 is 16.7 Å². The van der Waals surface area contributed by atoms with Crippen LogP contribution in [0.1, 0.15) is 42.8 Å².